The Morgan fingerprint density at radius 2 is 1.55 bits per heavy atom. The van der Waals surface area contributed by atoms with E-state index in [9.17, 15) is 19.1 Å². The average Bonchev–Trinajstić information content (AvgIpc) is 2.90. The largest absolute Gasteiger partial charge is 0.478 e. The van der Waals surface area contributed by atoms with Crippen LogP contribution in [0.3, 0.4) is 0 Å². The van der Waals surface area contributed by atoms with Gasteiger partial charge >= 0.3 is 12.0 Å². The van der Waals surface area contributed by atoms with E-state index in [0.717, 1.165) is 32.1 Å². The average molecular weight is 522 g/mol. The normalized spacial score (nSPS) is 13.8. The number of hydrogen-bond donors (Lipinski definition) is 3. The molecule has 0 atom stereocenters. The first-order valence-electron chi connectivity index (χ1n) is 13.0. The molecule has 0 unspecified atom stereocenters. The van der Waals surface area contributed by atoms with Crippen molar-refractivity contribution < 1.29 is 23.5 Å². The number of carbonyl (C=O) groups excluding carboxylic acids is 1. The number of benzene rings is 3. The monoisotopic (exact) mass is 521 g/mol. The van der Waals surface area contributed by atoms with E-state index in [1.54, 1.807) is 18.2 Å². The molecule has 0 heterocycles. The number of nitrogens with zero attached hydrogens (tertiary/aromatic N) is 1. The fraction of sp³-hybridized carbons (Fsp3) is 0.333. The Morgan fingerprint density at radius 3 is 2.24 bits per heavy atom. The van der Waals surface area contributed by atoms with Gasteiger partial charge in [-0.3, -0.25) is 0 Å². The number of carboxylic acids is 1. The van der Waals surface area contributed by atoms with Crippen LogP contribution in [0.2, 0.25) is 0 Å². The van der Waals surface area contributed by atoms with Crippen molar-refractivity contribution in [2.24, 2.45) is 5.92 Å². The molecule has 38 heavy (non-hydrogen) atoms. The van der Waals surface area contributed by atoms with Crippen LogP contribution in [0.15, 0.2) is 60.7 Å². The quantitative estimate of drug-likeness (QED) is 0.283. The van der Waals surface area contributed by atoms with Crippen molar-refractivity contribution in [3.05, 3.63) is 77.9 Å². The van der Waals surface area contributed by atoms with E-state index in [2.05, 4.69) is 29.4 Å². The number of carbonyl (C=O) groups is 2. The van der Waals surface area contributed by atoms with E-state index in [1.807, 2.05) is 0 Å². The van der Waals surface area contributed by atoms with Crippen LogP contribution in [0.1, 0.15) is 56.3 Å². The lowest BCUT2D eigenvalue weighted by molar-refractivity contribution is 0.0697. The molecule has 3 N–H and O–H groups in total. The second kappa shape index (κ2) is 12.1. The molecule has 1 fully saturated rings. The van der Waals surface area contributed by atoms with Crippen LogP contribution < -0.4 is 15.5 Å². The highest BCUT2D eigenvalue weighted by Crippen LogP contribution is 2.39. The Morgan fingerprint density at radius 1 is 0.895 bits per heavy atom. The molecule has 0 radical (unpaired) electrons. The molecule has 3 aromatic carbocycles. The van der Waals surface area contributed by atoms with E-state index >= 15 is 4.39 Å². The summed E-state index contributed by atoms with van der Waals surface area (Å²) in [6.45, 7) is 4.82. The third-order valence-electron chi connectivity index (χ3n) is 6.79. The van der Waals surface area contributed by atoms with E-state index in [-0.39, 0.29) is 34.3 Å². The van der Waals surface area contributed by atoms with E-state index in [1.165, 1.54) is 42.5 Å². The van der Waals surface area contributed by atoms with Crippen molar-refractivity contribution in [2.75, 3.05) is 22.1 Å². The van der Waals surface area contributed by atoms with E-state index in [0.29, 0.717) is 17.9 Å². The Kier molecular flexibility index (Phi) is 8.61. The van der Waals surface area contributed by atoms with Gasteiger partial charge in [-0.25, -0.2) is 18.4 Å². The molecule has 6 nitrogen and oxygen atoms in total. The van der Waals surface area contributed by atoms with Crippen LogP contribution >= 0.6 is 0 Å². The molecule has 200 valence electrons. The Balaban J connectivity index is 1.81. The zero-order chi connectivity index (χ0) is 27.2. The van der Waals surface area contributed by atoms with Gasteiger partial charge in [-0.05, 0) is 54.7 Å². The van der Waals surface area contributed by atoms with E-state index < -0.39 is 23.6 Å². The molecular weight excluding hydrogens is 488 g/mol. The number of aromatic carboxylic acids is 1. The summed E-state index contributed by atoms with van der Waals surface area (Å²) in [6.07, 6.45) is 5.21. The number of halogens is 2. The van der Waals surface area contributed by atoms with Crippen molar-refractivity contribution in [1.29, 1.82) is 0 Å². The number of anilines is 3. The highest BCUT2D eigenvalue weighted by atomic mass is 19.1. The van der Waals surface area contributed by atoms with Gasteiger partial charge in [-0.15, -0.1) is 0 Å². The summed E-state index contributed by atoms with van der Waals surface area (Å²) in [4.78, 5) is 27.0. The van der Waals surface area contributed by atoms with Crippen molar-refractivity contribution >= 4 is 29.1 Å². The number of urea groups is 1. The van der Waals surface area contributed by atoms with Crippen LogP contribution in [0, 0.1) is 17.6 Å². The van der Waals surface area contributed by atoms with Crippen LogP contribution in [0.4, 0.5) is 30.6 Å². The summed E-state index contributed by atoms with van der Waals surface area (Å²) in [5.41, 5.74) is 1.06. The van der Waals surface area contributed by atoms with Gasteiger partial charge in [-0.1, -0.05) is 63.4 Å². The summed E-state index contributed by atoms with van der Waals surface area (Å²) in [5.74, 6) is -2.08. The number of carboxylic acid groups (broad SMARTS) is 1. The lowest BCUT2D eigenvalue weighted by Crippen LogP contribution is -2.40. The predicted octanol–water partition coefficient (Wildman–Crippen LogP) is 7.77. The van der Waals surface area contributed by atoms with Crippen molar-refractivity contribution in [3.8, 4) is 11.1 Å². The maximum atomic E-state index is 15.8. The fourth-order valence-electron chi connectivity index (χ4n) is 5.08. The van der Waals surface area contributed by atoms with Crippen molar-refractivity contribution in [1.82, 2.24) is 0 Å². The van der Waals surface area contributed by atoms with Crippen molar-refractivity contribution in [3.63, 3.8) is 0 Å². The van der Waals surface area contributed by atoms with Gasteiger partial charge in [0.05, 0.1) is 22.6 Å². The van der Waals surface area contributed by atoms with Gasteiger partial charge in [-0.2, -0.15) is 0 Å². The smallest absolute Gasteiger partial charge is 0.336 e. The highest BCUT2D eigenvalue weighted by Gasteiger charge is 2.27. The molecule has 0 bridgehead atoms. The van der Waals surface area contributed by atoms with Gasteiger partial charge < -0.3 is 20.6 Å². The second-order valence-electron chi connectivity index (χ2n) is 10.1. The van der Waals surface area contributed by atoms with Crippen LogP contribution in [0.25, 0.3) is 11.1 Å². The summed E-state index contributed by atoms with van der Waals surface area (Å²) >= 11 is 0. The number of hydrogen-bond acceptors (Lipinski definition) is 3. The van der Waals surface area contributed by atoms with Gasteiger partial charge in [0, 0.05) is 18.2 Å². The third-order valence-corrected chi connectivity index (χ3v) is 6.79. The molecule has 1 aliphatic carbocycles. The van der Waals surface area contributed by atoms with Crippen LogP contribution in [-0.4, -0.2) is 29.7 Å². The molecule has 0 spiro atoms. The summed E-state index contributed by atoms with van der Waals surface area (Å²) < 4.78 is 29.9. The number of nitrogens with one attached hydrogen (secondary N) is 2. The van der Waals surface area contributed by atoms with Crippen LogP contribution in [0.5, 0.6) is 0 Å². The fourth-order valence-corrected chi connectivity index (χ4v) is 5.08. The lowest BCUT2D eigenvalue weighted by atomic mass is 9.92. The maximum absolute atomic E-state index is 15.8. The SMILES string of the molecule is CC(C)CN(c1cc(F)c(-c2ccccc2C(=O)O)cc1NC(=O)Nc1ccccc1F)C1CCCCC1. The molecule has 8 heteroatoms. The summed E-state index contributed by atoms with van der Waals surface area (Å²) in [6, 6.07) is 14.3. The first kappa shape index (κ1) is 27.1. The zero-order valence-corrected chi connectivity index (χ0v) is 21.6. The molecular formula is C30H33F2N3O3. The highest BCUT2D eigenvalue weighted by molar-refractivity contribution is 6.03. The Labute approximate surface area is 221 Å². The molecule has 0 saturated heterocycles. The van der Waals surface area contributed by atoms with Gasteiger partial charge in [0.15, 0.2) is 0 Å². The summed E-state index contributed by atoms with van der Waals surface area (Å²) in [5, 5.41) is 15.0. The maximum Gasteiger partial charge on any atom is 0.336 e. The van der Waals surface area contributed by atoms with Crippen molar-refractivity contribution in [2.45, 2.75) is 52.0 Å². The topological polar surface area (TPSA) is 81.7 Å². The second-order valence-corrected chi connectivity index (χ2v) is 10.1. The Bertz CT molecular complexity index is 1310. The lowest BCUT2D eigenvalue weighted by Gasteiger charge is -2.38. The first-order valence-corrected chi connectivity index (χ1v) is 13.0. The molecule has 1 aliphatic rings. The van der Waals surface area contributed by atoms with Crippen LogP contribution in [-0.2, 0) is 0 Å². The third kappa shape index (κ3) is 6.30. The van der Waals surface area contributed by atoms with Gasteiger partial charge in [0.2, 0.25) is 0 Å². The molecule has 3 aromatic rings. The minimum atomic E-state index is -1.18. The molecule has 1 saturated carbocycles. The van der Waals surface area contributed by atoms with E-state index in [4.69, 9.17) is 0 Å². The Hall–Kier alpha value is -3.94. The summed E-state index contributed by atoms with van der Waals surface area (Å²) in [7, 11) is 0. The molecule has 0 aliphatic heterocycles. The van der Waals surface area contributed by atoms with Gasteiger partial charge in [0.25, 0.3) is 0 Å². The molecule has 0 aromatic heterocycles. The molecule has 4 rings (SSSR count). The number of para-hydroxylation sites is 1. The zero-order valence-electron chi connectivity index (χ0n) is 21.6. The minimum absolute atomic E-state index is 0.0106. The van der Waals surface area contributed by atoms with Gasteiger partial charge in [0.1, 0.15) is 11.6 Å². The first-order chi connectivity index (χ1) is 18.2. The number of rotatable bonds is 8. The predicted molar refractivity (Wildman–Crippen MR) is 147 cm³/mol. The standard InChI is InChI=1S/C30H33F2N3O3/c1-19(2)18-35(20-10-4-3-5-11-20)28-17-25(32)23(21-12-6-7-13-22(21)29(36)37)16-27(28)34-30(38)33-26-15-9-8-14-24(26)31/h6-9,12-17,19-20H,3-5,10-11,18H2,1-2H3,(H,36,37)(H2,33,34,38). The minimum Gasteiger partial charge on any atom is -0.478 e. The number of amides is 2. The molecule has 2 amide bonds.